The molecule has 1 aromatic rings. The van der Waals surface area contributed by atoms with E-state index in [0.29, 0.717) is 11.1 Å². The van der Waals surface area contributed by atoms with Gasteiger partial charge in [-0.15, -0.1) is 0 Å². The first-order chi connectivity index (χ1) is 9.38. The number of methoxy groups -OCH3 is 1. The van der Waals surface area contributed by atoms with E-state index in [9.17, 15) is 18.0 Å². The molecule has 1 saturated carbocycles. The zero-order chi connectivity index (χ0) is 14.8. The molecule has 0 heterocycles. The minimum absolute atomic E-state index is 0.0629. The van der Waals surface area contributed by atoms with Crippen molar-refractivity contribution in [3.05, 3.63) is 35.4 Å². The van der Waals surface area contributed by atoms with Crippen LogP contribution in [-0.2, 0) is 22.5 Å². The van der Waals surface area contributed by atoms with Gasteiger partial charge in [0.25, 0.3) is 0 Å². The number of benzene rings is 1. The maximum Gasteiger partial charge on any atom is 0.406 e. The van der Waals surface area contributed by atoms with Gasteiger partial charge in [0.05, 0.1) is 13.5 Å². The highest BCUT2D eigenvalue weighted by Crippen LogP contribution is 2.49. The Morgan fingerprint density at radius 3 is 2.40 bits per heavy atom. The van der Waals surface area contributed by atoms with Crippen LogP contribution in [0, 0.1) is 0 Å². The topological polar surface area (TPSA) is 38.3 Å². The van der Waals surface area contributed by atoms with Gasteiger partial charge < -0.3 is 4.74 Å². The van der Waals surface area contributed by atoms with Gasteiger partial charge in [0.2, 0.25) is 0 Å². The molecule has 0 unspecified atom stereocenters. The predicted octanol–water partition coefficient (Wildman–Crippen LogP) is 2.59. The number of hydrogen-bond acceptors (Lipinski definition) is 3. The van der Waals surface area contributed by atoms with Crippen LogP contribution in [0.25, 0.3) is 0 Å². The van der Waals surface area contributed by atoms with Gasteiger partial charge in [-0.25, -0.2) is 0 Å². The third-order valence-corrected chi connectivity index (χ3v) is 3.59. The molecule has 1 fully saturated rings. The summed E-state index contributed by atoms with van der Waals surface area (Å²) in [6.07, 6.45) is -3.96. The quantitative estimate of drug-likeness (QED) is 0.846. The van der Waals surface area contributed by atoms with Crippen LogP contribution in [0.3, 0.4) is 0 Å². The van der Waals surface area contributed by atoms with Crippen molar-refractivity contribution in [1.82, 2.24) is 5.32 Å². The Bertz CT molecular complexity index is 495. The highest BCUT2D eigenvalue weighted by molar-refractivity contribution is 5.72. The van der Waals surface area contributed by atoms with Gasteiger partial charge >= 0.3 is 12.1 Å². The Kier molecular flexibility index (Phi) is 4.04. The molecule has 0 radical (unpaired) electrons. The van der Waals surface area contributed by atoms with Gasteiger partial charge in [-0.2, -0.15) is 13.2 Å². The van der Waals surface area contributed by atoms with Gasteiger partial charge in [-0.1, -0.05) is 24.3 Å². The number of rotatable bonds is 5. The van der Waals surface area contributed by atoms with E-state index in [1.54, 1.807) is 24.3 Å². The molecule has 1 N–H and O–H groups in total. The molecular formula is C14H16F3NO2. The van der Waals surface area contributed by atoms with E-state index in [0.717, 1.165) is 0 Å². The summed E-state index contributed by atoms with van der Waals surface area (Å²) in [6, 6.07) is 6.93. The first-order valence-electron chi connectivity index (χ1n) is 6.33. The molecule has 20 heavy (non-hydrogen) atoms. The third kappa shape index (κ3) is 3.12. The molecule has 0 aliphatic heterocycles. The summed E-state index contributed by atoms with van der Waals surface area (Å²) in [4.78, 5) is 11.3. The second-order valence-corrected chi connectivity index (χ2v) is 4.96. The second-order valence-electron chi connectivity index (χ2n) is 4.96. The monoisotopic (exact) mass is 287 g/mol. The number of carbonyl (C=O) groups is 1. The highest BCUT2D eigenvalue weighted by atomic mass is 19.4. The van der Waals surface area contributed by atoms with E-state index < -0.39 is 17.7 Å². The van der Waals surface area contributed by atoms with E-state index in [2.05, 4.69) is 10.1 Å². The van der Waals surface area contributed by atoms with Gasteiger partial charge in [0.15, 0.2) is 0 Å². The number of halogens is 3. The zero-order valence-corrected chi connectivity index (χ0v) is 11.1. The van der Waals surface area contributed by atoms with Gasteiger partial charge in [-0.05, 0) is 24.0 Å². The maximum atomic E-state index is 12.8. The standard InChI is InChI=1S/C14H16F3NO2/c1-20-12(19)8-10-4-2-3-5-11(10)9-18-13(6-7-13)14(15,16)17/h2-5,18H,6-9H2,1H3. The van der Waals surface area contributed by atoms with Crippen LogP contribution in [-0.4, -0.2) is 24.8 Å². The van der Waals surface area contributed by atoms with Crippen LogP contribution in [0.2, 0.25) is 0 Å². The van der Waals surface area contributed by atoms with Crippen molar-refractivity contribution in [2.75, 3.05) is 7.11 Å². The summed E-state index contributed by atoms with van der Waals surface area (Å²) >= 11 is 0. The molecule has 0 bridgehead atoms. The molecule has 2 rings (SSSR count). The molecule has 0 spiro atoms. The van der Waals surface area contributed by atoms with E-state index in [-0.39, 0.29) is 25.8 Å². The molecule has 0 atom stereocenters. The fourth-order valence-corrected chi connectivity index (χ4v) is 2.08. The summed E-state index contributed by atoms with van der Waals surface area (Å²) in [5.74, 6) is -0.408. The van der Waals surface area contributed by atoms with Crippen molar-refractivity contribution < 1.29 is 22.7 Å². The molecule has 1 aliphatic rings. The Morgan fingerprint density at radius 2 is 1.90 bits per heavy atom. The molecule has 110 valence electrons. The summed E-state index contributed by atoms with van der Waals surface area (Å²) in [5, 5.41) is 2.58. The number of carbonyl (C=O) groups excluding carboxylic acids is 1. The normalized spacial score (nSPS) is 16.8. The van der Waals surface area contributed by atoms with Crippen LogP contribution in [0.5, 0.6) is 0 Å². The van der Waals surface area contributed by atoms with Crippen molar-refractivity contribution in [2.45, 2.75) is 37.5 Å². The van der Waals surface area contributed by atoms with Crippen LogP contribution >= 0.6 is 0 Å². The second kappa shape index (κ2) is 5.44. The molecule has 0 aromatic heterocycles. The van der Waals surface area contributed by atoms with Gasteiger partial charge in [0, 0.05) is 6.54 Å². The van der Waals surface area contributed by atoms with Crippen molar-refractivity contribution >= 4 is 5.97 Å². The average molecular weight is 287 g/mol. The Hall–Kier alpha value is -1.56. The van der Waals surface area contributed by atoms with Crippen molar-refractivity contribution in [3.8, 4) is 0 Å². The van der Waals surface area contributed by atoms with Gasteiger partial charge in [0.1, 0.15) is 5.54 Å². The molecule has 0 saturated heterocycles. The molecule has 6 heteroatoms. The summed E-state index contributed by atoms with van der Waals surface area (Å²) < 4.78 is 43.1. The van der Waals surface area contributed by atoms with Crippen molar-refractivity contribution in [1.29, 1.82) is 0 Å². The number of hydrogen-bond donors (Lipinski definition) is 1. The molecule has 0 amide bonds. The highest BCUT2D eigenvalue weighted by Gasteiger charge is 2.62. The SMILES string of the molecule is COC(=O)Cc1ccccc1CNC1(C(F)(F)F)CC1. The fraction of sp³-hybridized carbons (Fsp3) is 0.500. The summed E-state index contributed by atoms with van der Waals surface area (Å²) in [7, 11) is 1.28. The fourth-order valence-electron chi connectivity index (χ4n) is 2.08. The van der Waals surface area contributed by atoms with E-state index in [1.807, 2.05) is 0 Å². The lowest BCUT2D eigenvalue weighted by Gasteiger charge is -2.21. The van der Waals surface area contributed by atoms with Crippen LogP contribution in [0.4, 0.5) is 13.2 Å². The van der Waals surface area contributed by atoms with Crippen LogP contribution in [0.15, 0.2) is 24.3 Å². The largest absolute Gasteiger partial charge is 0.469 e. The van der Waals surface area contributed by atoms with Crippen molar-refractivity contribution in [3.63, 3.8) is 0 Å². The Labute approximate surface area is 115 Å². The van der Waals surface area contributed by atoms with E-state index >= 15 is 0 Å². The zero-order valence-electron chi connectivity index (χ0n) is 11.1. The smallest absolute Gasteiger partial charge is 0.406 e. The minimum atomic E-state index is -4.23. The Balaban J connectivity index is 2.05. The molecule has 3 nitrogen and oxygen atoms in total. The number of ether oxygens (including phenoxy) is 1. The van der Waals surface area contributed by atoms with Crippen LogP contribution < -0.4 is 5.32 Å². The van der Waals surface area contributed by atoms with Gasteiger partial charge in [-0.3, -0.25) is 10.1 Å². The predicted molar refractivity (Wildman–Crippen MR) is 67.0 cm³/mol. The summed E-state index contributed by atoms with van der Waals surface area (Å²) in [5.41, 5.74) is -0.371. The van der Waals surface area contributed by atoms with Crippen molar-refractivity contribution in [2.24, 2.45) is 0 Å². The lowest BCUT2D eigenvalue weighted by atomic mass is 10.0. The number of esters is 1. The molecular weight excluding hydrogens is 271 g/mol. The van der Waals surface area contributed by atoms with Crippen LogP contribution in [0.1, 0.15) is 24.0 Å². The van der Waals surface area contributed by atoms with E-state index in [1.165, 1.54) is 7.11 Å². The Morgan fingerprint density at radius 1 is 1.30 bits per heavy atom. The maximum absolute atomic E-state index is 12.8. The third-order valence-electron chi connectivity index (χ3n) is 3.59. The molecule has 1 aromatic carbocycles. The lowest BCUT2D eigenvalue weighted by molar-refractivity contribution is -0.166. The summed E-state index contributed by atoms with van der Waals surface area (Å²) in [6.45, 7) is 0.0900. The number of nitrogens with one attached hydrogen (secondary N) is 1. The lowest BCUT2D eigenvalue weighted by Crippen LogP contribution is -2.44. The first-order valence-corrected chi connectivity index (χ1v) is 6.33. The first kappa shape index (κ1) is 14.8. The molecule has 1 aliphatic carbocycles. The van der Waals surface area contributed by atoms with E-state index in [4.69, 9.17) is 0 Å². The average Bonchev–Trinajstić information content (AvgIpc) is 3.18. The number of alkyl halides is 3. The minimum Gasteiger partial charge on any atom is -0.469 e.